The largest absolute Gasteiger partial charge is 0.469 e. The van der Waals surface area contributed by atoms with Gasteiger partial charge in [-0.05, 0) is 12.5 Å². The van der Waals surface area contributed by atoms with Crippen LogP contribution in [0.15, 0.2) is 17.1 Å². The molecule has 0 spiro atoms. The van der Waals surface area contributed by atoms with E-state index in [1.54, 1.807) is 0 Å². The van der Waals surface area contributed by atoms with Gasteiger partial charge in [-0.3, -0.25) is 14.2 Å². The molecule has 4 N–H and O–H groups in total. The van der Waals surface area contributed by atoms with Crippen molar-refractivity contribution in [2.24, 2.45) is 0 Å². The highest BCUT2D eigenvalue weighted by atomic mass is 16.6. The smallest absolute Gasteiger partial charge is 0.351 e. The van der Waals surface area contributed by atoms with Crippen molar-refractivity contribution in [3.8, 4) is 0 Å². The maximum Gasteiger partial charge on any atom is 0.351 e. The van der Waals surface area contributed by atoms with E-state index in [2.05, 4.69) is 15.0 Å². The van der Waals surface area contributed by atoms with Crippen molar-refractivity contribution in [2.75, 3.05) is 19.0 Å². The van der Waals surface area contributed by atoms with E-state index >= 15 is 0 Å². The summed E-state index contributed by atoms with van der Waals surface area (Å²) in [7, 11) is 1.26. The van der Waals surface area contributed by atoms with Gasteiger partial charge in [0.05, 0.1) is 13.7 Å². The zero-order valence-corrected chi connectivity index (χ0v) is 14.1. The van der Waals surface area contributed by atoms with Crippen LogP contribution in [0.3, 0.4) is 0 Å². The van der Waals surface area contributed by atoms with Crippen molar-refractivity contribution < 1.29 is 34.4 Å². The van der Waals surface area contributed by atoms with Crippen LogP contribution >= 0.6 is 0 Å². The molecule has 4 atom stereocenters. The highest BCUT2D eigenvalue weighted by Crippen LogP contribution is 2.28. The Balaban J connectivity index is 1.98. The number of nitrogens with one attached hydrogen (secondary N) is 1. The molecule has 0 bridgehead atoms. The van der Waals surface area contributed by atoms with Crippen LogP contribution in [0, 0.1) is 0 Å². The van der Waals surface area contributed by atoms with Crippen molar-refractivity contribution in [3.05, 3.63) is 22.7 Å². The molecule has 0 saturated carbocycles. The number of carbonyl (C=O) groups excluding carboxylic acids is 2. The number of nitrogens with zero attached hydrogens (tertiary/aromatic N) is 2. The summed E-state index contributed by atoms with van der Waals surface area (Å²) in [5, 5.41) is 31.2. The summed E-state index contributed by atoms with van der Waals surface area (Å²) in [5.41, 5.74) is -0.813. The number of ether oxygens (including phenoxy) is 2. The minimum absolute atomic E-state index is 0.000983. The number of anilines is 1. The molecule has 0 radical (unpaired) electrons. The van der Waals surface area contributed by atoms with Gasteiger partial charge in [-0.25, -0.2) is 4.79 Å². The standard InChI is InChI=1S/C15H21N3O8/c1-25-11(21)4-2-3-10(20)16-9-5-6-18(15(24)17-9)14-13(23)12(22)8(7-19)26-14/h5-6,8,12-14,19,22-23H,2-4,7H2,1H3,(H,16,17,20,24). The van der Waals surface area contributed by atoms with Crippen LogP contribution in [0.5, 0.6) is 0 Å². The highest BCUT2D eigenvalue weighted by Gasteiger charge is 2.43. The number of aromatic nitrogens is 2. The van der Waals surface area contributed by atoms with Crippen molar-refractivity contribution in [2.45, 2.75) is 43.8 Å². The Bertz CT molecular complexity index is 706. The van der Waals surface area contributed by atoms with Crippen molar-refractivity contribution in [1.82, 2.24) is 9.55 Å². The number of aliphatic hydroxyl groups excluding tert-OH is 3. The van der Waals surface area contributed by atoms with E-state index in [1.165, 1.54) is 19.4 Å². The van der Waals surface area contributed by atoms with Crippen LogP contribution in [0.1, 0.15) is 25.5 Å². The van der Waals surface area contributed by atoms with Crippen molar-refractivity contribution in [1.29, 1.82) is 0 Å². The lowest BCUT2D eigenvalue weighted by molar-refractivity contribution is -0.140. The predicted octanol–water partition coefficient (Wildman–Crippen LogP) is -1.86. The van der Waals surface area contributed by atoms with Gasteiger partial charge in [0.2, 0.25) is 5.91 Å². The molecule has 1 aliphatic heterocycles. The summed E-state index contributed by atoms with van der Waals surface area (Å²) in [4.78, 5) is 38.5. The number of amides is 1. The van der Waals surface area contributed by atoms with Gasteiger partial charge in [0.1, 0.15) is 24.1 Å². The van der Waals surface area contributed by atoms with E-state index in [0.717, 1.165) is 4.57 Å². The molecule has 11 heteroatoms. The number of methoxy groups -OCH3 is 1. The SMILES string of the molecule is COC(=O)CCCC(=O)Nc1ccn(C2OC(CO)C(O)C2O)c(=O)n1. The maximum atomic E-state index is 12.1. The second-order valence-electron chi connectivity index (χ2n) is 5.71. The van der Waals surface area contributed by atoms with E-state index in [-0.39, 0.29) is 25.1 Å². The van der Waals surface area contributed by atoms with Gasteiger partial charge in [-0.15, -0.1) is 0 Å². The molecule has 1 fully saturated rings. The summed E-state index contributed by atoms with van der Waals surface area (Å²) in [6, 6.07) is 1.33. The van der Waals surface area contributed by atoms with E-state index in [0.29, 0.717) is 0 Å². The van der Waals surface area contributed by atoms with E-state index in [4.69, 9.17) is 9.84 Å². The number of rotatable bonds is 7. The Morgan fingerprint density at radius 3 is 2.65 bits per heavy atom. The molecule has 2 rings (SSSR count). The Hall–Kier alpha value is -2.34. The molecule has 1 aliphatic rings. The Morgan fingerprint density at radius 1 is 1.35 bits per heavy atom. The van der Waals surface area contributed by atoms with Crippen molar-refractivity contribution >= 4 is 17.7 Å². The summed E-state index contributed by atoms with van der Waals surface area (Å²) < 4.78 is 10.7. The Kier molecular flexibility index (Phi) is 6.80. The number of esters is 1. The molecular formula is C15H21N3O8. The fraction of sp³-hybridized carbons (Fsp3) is 0.600. The summed E-state index contributed by atoms with van der Waals surface area (Å²) in [6.45, 7) is -0.517. The number of hydrogen-bond acceptors (Lipinski definition) is 9. The molecule has 1 amide bonds. The topological polar surface area (TPSA) is 160 Å². The lowest BCUT2D eigenvalue weighted by Crippen LogP contribution is -2.36. The first kappa shape index (κ1) is 20.0. The van der Waals surface area contributed by atoms with Crippen LogP contribution in [-0.2, 0) is 19.1 Å². The van der Waals surface area contributed by atoms with Crippen LogP contribution in [-0.4, -0.2) is 68.8 Å². The van der Waals surface area contributed by atoms with E-state index < -0.39 is 48.7 Å². The van der Waals surface area contributed by atoms with Crippen LogP contribution < -0.4 is 11.0 Å². The van der Waals surface area contributed by atoms with E-state index in [9.17, 15) is 24.6 Å². The summed E-state index contributed by atoms with van der Waals surface area (Å²) in [5.74, 6) is -0.843. The van der Waals surface area contributed by atoms with Gasteiger partial charge < -0.3 is 30.1 Å². The summed E-state index contributed by atoms with van der Waals surface area (Å²) in [6.07, 6.45) is -3.28. The molecule has 1 saturated heterocycles. The third-order valence-electron chi connectivity index (χ3n) is 3.90. The van der Waals surface area contributed by atoms with Crippen LogP contribution in [0.4, 0.5) is 5.82 Å². The van der Waals surface area contributed by atoms with Gasteiger partial charge in [-0.2, -0.15) is 4.98 Å². The second kappa shape index (κ2) is 8.85. The zero-order valence-electron chi connectivity index (χ0n) is 14.1. The van der Waals surface area contributed by atoms with Gasteiger partial charge in [0.25, 0.3) is 0 Å². The molecule has 11 nitrogen and oxygen atoms in total. The fourth-order valence-corrected chi connectivity index (χ4v) is 2.49. The normalized spacial score (nSPS) is 25.1. The maximum absolute atomic E-state index is 12.1. The number of carbonyl (C=O) groups is 2. The minimum atomic E-state index is -1.41. The van der Waals surface area contributed by atoms with E-state index in [1.807, 2.05) is 0 Å². The molecule has 1 aromatic rings. The van der Waals surface area contributed by atoms with Crippen molar-refractivity contribution in [3.63, 3.8) is 0 Å². The van der Waals surface area contributed by atoms with Crippen LogP contribution in [0.2, 0.25) is 0 Å². The number of hydrogen-bond donors (Lipinski definition) is 4. The first-order valence-corrected chi connectivity index (χ1v) is 7.95. The van der Waals surface area contributed by atoms with Gasteiger partial charge in [0.15, 0.2) is 6.23 Å². The molecule has 1 aromatic heterocycles. The van der Waals surface area contributed by atoms with Gasteiger partial charge >= 0.3 is 11.7 Å². The molecule has 2 heterocycles. The fourth-order valence-electron chi connectivity index (χ4n) is 2.49. The highest BCUT2D eigenvalue weighted by molar-refractivity contribution is 5.89. The van der Waals surface area contributed by atoms with Crippen LogP contribution in [0.25, 0.3) is 0 Å². The Morgan fingerprint density at radius 2 is 2.08 bits per heavy atom. The molecule has 26 heavy (non-hydrogen) atoms. The average molecular weight is 371 g/mol. The monoisotopic (exact) mass is 371 g/mol. The predicted molar refractivity (Wildman–Crippen MR) is 86.0 cm³/mol. The third kappa shape index (κ3) is 4.64. The molecule has 0 aliphatic carbocycles. The van der Waals surface area contributed by atoms with Gasteiger partial charge in [0, 0.05) is 19.0 Å². The number of aliphatic hydroxyl groups is 3. The quantitative estimate of drug-likeness (QED) is 0.403. The molecule has 144 valence electrons. The lowest BCUT2D eigenvalue weighted by atomic mass is 10.1. The minimum Gasteiger partial charge on any atom is -0.469 e. The lowest BCUT2D eigenvalue weighted by Gasteiger charge is -2.17. The average Bonchev–Trinajstić information content (AvgIpc) is 2.89. The first-order valence-electron chi connectivity index (χ1n) is 7.95. The molecular weight excluding hydrogens is 350 g/mol. The third-order valence-corrected chi connectivity index (χ3v) is 3.90. The first-order chi connectivity index (χ1) is 12.4. The summed E-state index contributed by atoms with van der Waals surface area (Å²) >= 11 is 0. The second-order valence-corrected chi connectivity index (χ2v) is 5.71. The van der Waals surface area contributed by atoms with Gasteiger partial charge in [-0.1, -0.05) is 0 Å². The molecule has 0 aromatic carbocycles. The Labute approximate surface area is 148 Å². The zero-order chi connectivity index (χ0) is 19.3. The molecule has 4 unspecified atom stereocenters.